The lowest BCUT2D eigenvalue weighted by Gasteiger charge is -2.25. The zero-order valence-corrected chi connectivity index (χ0v) is 17.8. The number of para-hydroxylation sites is 1. The molecule has 7 nitrogen and oxygen atoms in total. The van der Waals surface area contributed by atoms with Gasteiger partial charge in [-0.05, 0) is 32.4 Å². The number of nitrogens with zero attached hydrogens (tertiary/aromatic N) is 1. The number of ether oxygens (including phenoxy) is 1. The molecule has 0 aliphatic carbocycles. The van der Waals surface area contributed by atoms with Crippen molar-refractivity contribution in [1.82, 2.24) is 15.6 Å². The number of carbonyl (C=O) groups is 2. The Balaban J connectivity index is 2.13. The van der Waals surface area contributed by atoms with E-state index in [0.717, 1.165) is 27.5 Å². The van der Waals surface area contributed by atoms with Crippen molar-refractivity contribution < 1.29 is 18.8 Å². The van der Waals surface area contributed by atoms with E-state index in [4.69, 9.17) is 4.74 Å². The molecule has 2 rings (SSSR count). The summed E-state index contributed by atoms with van der Waals surface area (Å²) in [7, 11) is 6.19. The Bertz CT molecular complexity index is 815. The van der Waals surface area contributed by atoms with Gasteiger partial charge in [0.25, 0.3) is 0 Å². The molecule has 0 aliphatic heterocycles. The molecular weight excluding hydrogens is 356 g/mol. The van der Waals surface area contributed by atoms with Crippen LogP contribution in [0, 0.1) is 0 Å². The lowest BCUT2D eigenvalue weighted by atomic mass is 10.0. The summed E-state index contributed by atoms with van der Waals surface area (Å²) >= 11 is 0. The molecule has 1 unspecified atom stereocenters. The van der Waals surface area contributed by atoms with Crippen molar-refractivity contribution in [3.8, 4) is 0 Å². The van der Waals surface area contributed by atoms with Gasteiger partial charge in [-0.25, -0.2) is 4.79 Å². The molecule has 28 heavy (non-hydrogen) atoms. The number of hydrogen-bond donors (Lipinski definition) is 3. The number of alkyl carbamates (subject to hydrolysis) is 1. The normalized spacial score (nSPS) is 13.2. The highest BCUT2D eigenvalue weighted by molar-refractivity contribution is 5.88. The van der Waals surface area contributed by atoms with Crippen LogP contribution in [0.4, 0.5) is 4.79 Å². The molecule has 1 atom stereocenters. The minimum Gasteiger partial charge on any atom is -0.444 e. The summed E-state index contributed by atoms with van der Waals surface area (Å²) < 4.78 is 6.09. The molecule has 2 amide bonds. The summed E-state index contributed by atoms with van der Waals surface area (Å²) in [6, 6.07) is 7.17. The average Bonchev–Trinajstić information content (AvgIpc) is 2.94. The van der Waals surface area contributed by atoms with Crippen molar-refractivity contribution in [2.45, 2.75) is 38.8 Å². The van der Waals surface area contributed by atoms with Gasteiger partial charge in [0, 0.05) is 23.5 Å². The van der Waals surface area contributed by atoms with Gasteiger partial charge in [-0.2, -0.15) is 0 Å². The number of benzene rings is 1. The number of aromatic amines is 1. The number of nitrogens with one attached hydrogen (secondary N) is 3. The standard InChI is InChI=1S/C21H32N4O3/c1-21(2,3)28-20(27)24-18(19(26)22-11-12-25(4,5)6)13-15-14-23-17-10-8-7-9-16(15)17/h7-10,14,18,23H,11-13H2,1-6H3,(H-,22,24,26,27)/p+1. The molecule has 1 heterocycles. The van der Waals surface area contributed by atoms with E-state index in [1.165, 1.54) is 0 Å². The smallest absolute Gasteiger partial charge is 0.408 e. The number of likely N-dealkylation sites (N-methyl/N-ethyl adjacent to an activating group) is 1. The number of fused-ring (bicyclic) bond motifs is 1. The highest BCUT2D eigenvalue weighted by atomic mass is 16.6. The predicted molar refractivity (Wildman–Crippen MR) is 111 cm³/mol. The first-order valence-electron chi connectivity index (χ1n) is 9.57. The summed E-state index contributed by atoms with van der Waals surface area (Å²) in [5, 5.41) is 6.70. The average molecular weight is 390 g/mol. The molecule has 2 aromatic rings. The van der Waals surface area contributed by atoms with Crippen LogP contribution in [0.15, 0.2) is 30.5 Å². The Morgan fingerprint density at radius 2 is 1.86 bits per heavy atom. The first-order valence-corrected chi connectivity index (χ1v) is 9.57. The third-order valence-corrected chi connectivity index (χ3v) is 4.19. The highest BCUT2D eigenvalue weighted by Crippen LogP contribution is 2.19. The summed E-state index contributed by atoms with van der Waals surface area (Å²) in [5.74, 6) is -0.218. The zero-order chi connectivity index (χ0) is 20.9. The van der Waals surface area contributed by atoms with Crippen LogP contribution in [-0.4, -0.2) is 67.3 Å². The molecule has 0 spiro atoms. The van der Waals surface area contributed by atoms with Gasteiger partial charge in [-0.1, -0.05) is 18.2 Å². The molecule has 0 aliphatic rings. The number of rotatable bonds is 7. The minimum absolute atomic E-state index is 0.218. The maximum absolute atomic E-state index is 12.8. The number of quaternary nitrogens is 1. The maximum atomic E-state index is 12.8. The Labute approximate surface area is 167 Å². The second-order valence-corrected chi connectivity index (χ2v) is 9.07. The number of H-pyrrole nitrogens is 1. The van der Waals surface area contributed by atoms with Crippen LogP contribution < -0.4 is 10.6 Å². The van der Waals surface area contributed by atoms with Gasteiger partial charge >= 0.3 is 6.09 Å². The third-order valence-electron chi connectivity index (χ3n) is 4.19. The van der Waals surface area contributed by atoms with Crippen LogP contribution in [0.1, 0.15) is 26.3 Å². The van der Waals surface area contributed by atoms with Crippen LogP contribution in [-0.2, 0) is 16.0 Å². The first-order chi connectivity index (χ1) is 12.9. The van der Waals surface area contributed by atoms with E-state index in [-0.39, 0.29) is 5.91 Å². The number of carbonyl (C=O) groups excluding carboxylic acids is 2. The lowest BCUT2D eigenvalue weighted by Crippen LogP contribution is -2.51. The van der Waals surface area contributed by atoms with E-state index in [1.54, 1.807) is 20.8 Å². The van der Waals surface area contributed by atoms with E-state index in [9.17, 15) is 9.59 Å². The molecule has 0 fully saturated rings. The molecule has 1 aromatic heterocycles. The van der Waals surface area contributed by atoms with Gasteiger partial charge in [0.1, 0.15) is 11.6 Å². The number of aromatic nitrogens is 1. The Morgan fingerprint density at radius 3 is 2.50 bits per heavy atom. The molecule has 0 saturated heterocycles. The number of amides is 2. The first kappa shape index (κ1) is 21.8. The Morgan fingerprint density at radius 1 is 1.18 bits per heavy atom. The van der Waals surface area contributed by atoms with Gasteiger partial charge in [0.05, 0.1) is 34.2 Å². The molecule has 154 valence electrons. The third kappa shape index (κ3) is 6.88. The van der Waals surface area contributed by atoms with Crippen molar-refractivity contribution in [3.63, 3.8) is 0 Å². The van der Waals surface area contributed by atoms with E-state index >= 15 is 0 Å². The zero-order valence-electron chi connectivity index (χ0n) is 17.8. The van der Waals surface area contributed by atoms with E-state index in [1.807, 2.05) is 30.5 Å². The van der Waals surface area contributed by atoms with Crippen molar-refractivity contribution in [3.05, 3.63) is 36.0 Å². The van der Waals surface area contributed by atoms with Crippen molar-refractivity contribution in [1.29, 1.82) is 0 Å². The van der Waals surface area contributed by atoms with Gasteiger partial charge in [0.2, 0.25) is 5.91 Å². The van der Waals surface area contributed by atoms with Crippen LogP contribution in [0.5, 0.6) is 0 Å². The summed E-state index contributed by atoms with van der Waals surface area (Å²) in [5.41, 5.74) is 1.34. The SMILES string of the molecule is CC(C)(C)OC(=O)NC(Cc1c[nH]c2ccccc12)C(=O)NCC[N+](C)(C)C. The fourth-order valence-corrected chi connectivity index (χ4v) is 2.82. The van der Waals surface area contributed by atoms with Gasteiger partial charge in [-0.3, -0.25) is 4.79 Å². The molecule has 0 saturated carbocycles. The quantitative estimate of drug-likeness (QED) is 0.636. The fourth-order valence-electron chi connectivity index (χ4n) is 2.82. The Kier molecular flexibility index (Phi) is 6.72. The molecule has 7 heteroatoms. The van der Waals surface area contributed by atoms with E-state index < -0.39 is 17.7 Å². The maximum Gasteiger partial charge on any atom is 0.408 e. The fraction of sp³-hybridized carbons (Fsp3) is 0.524. The number of hydrogen-bond acceptors (Lipinski definition) is 3. The second-order valence-electron chi connectivity index (χ2n) is 9.07. The summed E-state index contributed by atoms with van der Waals surface area (Å²) in [6.45, 7) is 6.70. The summed E-state index contributed by atoms with van der Waals surface area (Å²) in [4.78, 5) is 28.3. The van der Waals surface area contributed by atoms with Crippen LogP contribution in [0.2, 0.25) is 0 Å². The molecule has 3 N–H and O–H groups in total. The van der Waals surface area contributed by atoms with Crippen LogP contribution in [0.25, 0.3) is 10.9 Å². The van der Waals surface area contributed by atoms with Crippen LogP contribution >= 0.6 is 0 Å². The minimum atomic E-state index is -0.721. The summed E-state index contributed by atoms with van der Waals surface area (Å²) in [6.07, 6.45) is 1.66. The van der Waals surface area contributed by atoms with Crippen molar-refractivity contribution in [2.75, 3.05) is 34.2 Å². The molecule has 0 radical (unpaired) electrons. The lowest BCUT2D eigenvalue weighted by molar-refractivity contribution is -0.869. The highest BCUT2D eigenvalue weighted by Gasteiger charge is 2.25. The Hall–Kier alpha value is -2.54. The molecular formula is C21H33N4O3+. The second kappa shape index (κ2) is 8.65. The largest absolute Gasteiger partial charge is 0.444 e. The topological polar surface area (TPSA) is 83.2 Å². The predicted octanol–water partition coefficient (Wildman–Crippen LogP) is 2.43. The van der Waals surface area contributed by atoms with Gasteiger partial charge in [0.15, 0.2) is 0 Å². The van der Waals surface area contributed by atoms with Gasteiger partial charge in [-0.15, -0.1) is 0 Å². The van der Waals surface area contributed by atoms with Crippen molar-refractivity contribution in [2.24, 2.45) is 0 Å². The van der Waals surface area contributed by atoms with Gasteiger partial charge < -0.3 is 24.8 Å². The monoisotopic (exact) mass is 389 g/mol. The molecule has 0 bridgehead atoms. The van der Waals surface area contributed by atoms with E-state index in [2.05, 4.69) is 36.8 Å². The van der Waals surface area contributed by atoms with E-state index in [0.29, 0.717) is 13.0 Å². The molecule has 1 aromatic carbocycles. The van der Waals surface area contributed by atoms with Crippen LogP contribution in [0.3, 0.4) is 0 Å². The van der Waals surface area contributed by atoms with Crippen molar-refractivity contribution >= 4 is 22.9 Å².